The minimum atomic E-state index is -1.69. The number of nitrogens with two attached hydrogens (primary N) is 1. The number of aliphatic carboxylic acids is 1. The summed E-state index contributed by atoms with van der Waals surface area (Å²) in [4.78, 5) is 135. The van der Waals surface area contributed by atoms with Gasteiger partial charge in [0.2, 0.25) is 41.4 Å². The molecule has 1 aliphatic heterocycles. The van der Waals surface area contributed by atoms with Crippen molar-refractivity contribution in [3.05, 3.63) is 137 Å². The van der Waals surface area contributed by atoms with Crippen molar-refractivity contribution in [3.63, 3.8) is 0 Å². The van der Waals surface area contributed by atoms with Crippen molar-refractivity contribution < 1.29 is 58.5 Å². The molecule has 1 saturated heterocycles. The number of hydrogen-bond acceptors (Lipinski definition) is 15. The first-order valence-corrected chi connectivity index (χ1v) is 33.7. The van der Waals surface area contributed by atoms with Gasteiger partial charge in [0.25, 0.3) is 0 Å². The van der Waals surface area contributed by atoms with E-state index in [2.05, 4.69) is 119 Å². The van der Waals surface area contributed by atoms with Gasteiger partial charge in [-0.15, -0.1) is 0 Å². The molecule has 1 fully saturated rings. The number of rotatable bonds is 34. The highest BCUT2D eigenvalue weighted by Gasteiger charge is 2.41. The van der Waals surface area contributed by atoms with Crippen LogP contribution in [0.3, 0.4) is 0 Å². The molecule has 12 atom stereocenters. The van der Waals surface area contributed by atoms with Crippen LogP contribution < -0.4 is 53.6 Å². The van der Waals surface area contributed by atoms with Gasteiger partial charge in [-0.25, -0.2) is 9.59 Å². The molecule has 8 rings (SSSR count). The number of thiol groups is 2. The van der Waals surface area contributed by atoms with Crippen molar-refractivity contribution in [2.45, 2.75) is 151 Å². The summed E-state index contributed by atoms with van der Waals surface area (Å²) in [5, 5.41) is 56.0. The maximum absolute atomic E-state index is 15.0. The minimum Gasteiger partial charge on any atom is -0.508 e. The number of phenols is 1. The van der Waals surface area contributed by atoms with E-state index in [1.54, 1.807) is 31.3 Å². The Balaban J connectivity index is 0.985. The van der Waals surface area contributed by atoms with Gasteiger partial charge in [0.15, 0.2) is 6.04 Å². The Morgan fingerprint density at radius 1 is 0.621 bits per heavy atom. The Labute approximate surface area is 562 Å². The summed E-state index contributed by atoms with van der Waals surface area (Å²) in [7, 11) is 0. The molecule has 27 heteroatoms. The lowest BCUT2D eigenvalue weighted by atomic mass is 9.72. The largest absolute Gasteiger partial charge is 0.508 e. The number of benzene rings is 4. The first kappa shape index (κ1) is 72.2. The van der Waals surface area contributed by atoms with Crippen LogP contribution in [0.15, 0.2) is 109 Å². The van der Waals surface area contributed by atoms with E-state index in [1.165, 1.54) is 35.6 Å². The Morgan fingerprint density at radius 3 is 1.80 bits per heavy atom. The molecule has 2 unspecified atom stereocenters. The Bertz CT molecular complexity index is 3630. The number of unbranched alkanes of at least 4 members (excludes halogenated alkanes) is 1. The number of carbonyl (C=O) groups excluding carboxylic acids is 8. The van der Waals surface area contributed by atoms with Crippen molar-refractivity contribution in [1.29, 1.82) is 0 Å². The number of aromatic hydroxyl groups is 1. The number of amides is 9. The van der Waals surface area contributed by atoms with Gasteiger partial charge in [-0.1, -0.05) is 86.6 Å². The summed E-state index contributed by atoms with van der Waals surface area (Å²) in [5.41, 5.74) is 12.1. The number of fused-ring (bicyclic) bond motifs is 3. The van der Waals surface area contributed by atoms with Crippen molar-refractivity contribution in [2.24, 2.45) is 11.7 Å². The molecule has 95 heavy (non-hydrogen) atoms. The summed E-state index contributed by atoms with van der Waals surface area (Å²) >= 11 is 8.64. The molecular weight excluding hydrogens is 1250 g/mol. The minimum absolute atomic E-state index is 0.00478. The van der Waals surface area contributed by atoms with Gasteiger partial charge in [-0.05, 0) is 123 Å². The summed E-state index contributed by atoms with van der Waals surface area (Å²) < 4.78 is 0. The number of phenolic OH excluding ortho intramolecular Hbond substituents is 1. The van der Waals surface area contributed by atoms with Crippen molar-refractivity contribution in [1.82, 2.24) is 62.7 Å². The molecule has 0 spiro atoms. The number of piperidine rings is 1. The number of aliphatic hydroxyl groups is 1. The van der Waals surface area contributed by atoms with Crippen LogP contribution >= 0.6 is 25.3 Å². The fourth-order valence-electron chi connectivity index (χ4n) is 12.7. The smallest absolute Gasteiger partial charge is 0.328 e. The van der Waals surface area contributed by atoms with Crippen LogP contribution in [-0.4, -0.2) is 182 Å². The third-order valence-electron chi connectivity index (χ3n) is 17.7. The predicted octanol–water partition coefficient (Wildman–Crippen LogP) is 2.75. The van der Waals surface area contributed by atoms with Crippen LogP contribution in [0.2, 0.25) is 0 Å². The molecule has 0 bridgehead atoms. The SMILES string of the molecule is CCCN1C[C@H](CNC(=O)N[C@H](Cc2ccccc2)C(=O)N[C@@H](CS)C(=O)N[C@@H](Cc2ccc(O)cc2)C(=O)N[C@H](Cc2c[nH]c3ccccc23)C(=O)N[C@@H](CCCCN)C(=O)N[C@@H](CC)C(=O)N[C@@H](CS)C(=O)N[C@H](C(=O)O)[C@@H](C)O)CC2c3cccc4[nH]cc(c34)CC21. The first-order chi connectivity index (χ1) is 45.7. The van der Waals surface area contributed by atoms with Crippen LogP contribution in [0.4, 0.5) is 4.79 Å². The zero-order valence-corrected chi connectivity index (χ0v) is 55.4. The topological polar surface area (TPSA) is 383 Å². The molecule has 6 aromatic rings. The zero-order valence-electron chi connectivity index (χ0n) is 53.6. The number of carbonyl (C=O) groups is 9. The highest BCUT2D eigenvalue weighted by Crippen LogP contribution is 2.44. The molecule has 1 aliphatic carbocycles. The third-order valence-corrected chi connectivity index (χ3v) is 18.4. The summed E-state index contributed by atoms with van der Waals surface area (Å²) in [5.74, 6) is -7.55. The lowest BCUT2D eigenvalue weighted by molar-refractivity contribution is -0.145. The second-order valence-electron chi connectivity index (χ2n) is 24.6. The maximum atomic E-state index is 15.0. The van der Waals surface area contributed by atoms with Crippen molar-refractivity contribution in [3.8, 4) is 5.75 Å². The molecule has 4 aromatic carbocycles. The van der Waals surface area contributed by atoms with Gasteiger partial charge in [-0.3, -0.25) is 38.5 Å². The van der Waals surface area contributed by atoms with Gasteiger partial charge >= 0.3 is 12.0 Å². The van der Waals surface area contributed by atoms with Crippen LogP contribution in [0, 0.1) is 5.92 Å². The molecule has 2 aliphatic rings. The Hall–Kier alpha value is -8.63. The quantitative estimate of drug-likeness (QED) is 0.0204. The van der Waals surface area contributed by atoms with E-state index in [0.717, 1.165) is 54.3 Å². The molecule has 0 saturated carbocycles. The standard InChI is InChI=1S/C68H89N13O12S2/c1-4-26-81-35-41(27-47-46-17-13-20-50-58(46)43(34-71-50)31-57(47)81)32-72-68(93)79-53(28-39-14-7-6-8-15-39)63(87)78-55(36-94)65(89)75-52(29-40-21-23-44(83)24-22-40)62(86)76-54(30-42-33-70-49-18-10-9-16-45(42)49)64(88)74-51(19-11-12-25-69)61(85)73-48(5-2)60(84)77-56(37-95)66(90)80-59(38(3)82)67(91)92/h6-10,13-18,20-24,33-34,38,41,47-48,51-57,59,70-71,82-83,94-95H,4-5,11-12,19,25-32,35-37,69H2,1-3H3,(H,73,85)(H,74,88)(H,75,89)(H,76,86)(H,77,84)(H,78,87)(H,80,90)(H,91,92)(H2,72,79,93)/t38-,41+,47?,48+,51+,52+,53-,54-,55+,56+,57?,59+/m1/s1. The third kappa shape index (κ3) is 19.3. The highest BCUT2D eigenvalue weighted by atomic mass is 32.1. The van der Waals surface area contributed by atoms with Gasteiger partial charge in [-0.2, -0.15) is 25.3 Å². The van der Waals surface area contributed by atoms with E-state index in [1.807, 2.05) is 48.5 Å². The summed E-state index contributed by atoms with van der Waals surface area (Å²) in [6.45, 7) is 7.23. The monoisotopic (exact) mass is 1340 g/mol. The summed E-state index contributed by atoms with van der Waals surface area (Å²) in [6.07, 6.45) is 5.61. The molecule has 0 radical (unpaired) electrons. The second-order valence-corrected chi connectivity index (χ2v) is 25.3. The highest BCUT2D eigenvalue weighted by molar-refractivity contribution is 7.80. The predicted molar refractivity (Wildman–Crippen MR) is 367 cm³/mol. The van der Waals surface area contributed by atoms with Crippen LogP contribution in [0.1, 0.15) is 93.0 Å². The second kappa shape index (κ2) is 34.7. The number of aromatic nitrogens is 2. The van der Waals surface area contributed by atoms with E-state index in [4.69, 9.17) is 5.73 Å². The molecule has 2 aromatic heterocycles. The van der Waals surface area contributed by atoms with E-state index in [0.29, 0.717) is 36.6 Å². The number of aliphatic hydroxyl groups excluding tert-OH is 1. The Kier molecular flexibility index (Phi) is 26.4. The number of H-pyrrole nitrogens is 2. The number of carboxylic acids is 1. The van der Waals surface area contributed by atoms with Gasteiger partial charge in [0.05, 0.1) is 6.10 Å². The number of hydrogen-bond donors (Lipinski definition) is 17. The number of para-hydroxylation sites is 1. The maximum Gasteiger partial charge on any atom is 0.328 e. The van der Waals surface area contributed by atoms with Crippen molar-refractivity contribution >= 4 is 100 Å². The molecule has 25 nitrogen and oxygen atoms in total. The number of urea groups is 1. The van der Waals surface area contributed by atoms with Crippen LogP contribution in [0.25, 0.3) is 21.8 Å². The fraction of sp³-hybridized carbons (Fsp3) is 0.456. The van der Waals surface area contributed by atoms with Crippen molar-refractivity contribution in [2.75, 3.05) is 37.7 Å². The van der Waals surface area contributed by atoms with Gasteiger partial charge in [0.1, 0.15) is 48.0 Å². The summed E-state index contributed by atoms with van der Waals surface area (Å²) in [6, 6.07) is 17.3. The number of nitrogens with zero attached hydrogens (tertiary/aromatic N) is 1. The fourth-order valence-corrected chi connectivity index (χ4v) is 13.2. The van der Waals surface area contributed by atoms with E-state index in [-0.39, 0.29) is 67.7 Å². The first-order valence-electron chi connectivity index (χ1n) is 32.4. The molecule has 16 N–H and O–H groups in total. The number of aromatic amines is 2. The lowest BCUT2D eigenvalue weighted by Gasteiger charge is -2.47. The normalized spacial score (nSPS) is 18.0. The van der Waals surface area contributed by atoms with E-state index in [9.17, 15) is 53.7 Å². The average molecular weight is 1340 g/mol. The lowest BCUT2D eigenvalue weighted by Crippen LogP contribution is -2.61. The molecule has 510 valence electrons. The number of carboxylic acid groups (broad SMARTS) is 1. The average Bonchev–Trinajstić information content (AvgIpc) is 1.71. The molecular formula is C68H89N13O12S2. The zero-order chi connectivity index (χ0) is 68.3. The van der Waals surface area contributed by atoms with E-state index < -0.39 is 108 Å². The van der Waals surface area contributed by atoms with Gasteiger partial charge < -0.3 is 78.9 Å². The Morgan fingerprint density at radius 2 is 1.17 bits per heavy atom. The van der Waals surface area contributed by atoms with Crippen LogP contribution in [0.5, 0.6) is 5.75 Å². The number of nitrogens with one attached hydrogen (secondary N) is 11. The number of likely N-dealkylation sites (tertiary alicyclic amines) is 1. The van der Waals surface area contributed by atoms with E-state index >= 15 is 4.79 Å². The molecule has 3 heterocycles. The van der Waals surface area contributed by atoms with Crippen LogP contribution in [-0.2, 0) is 64.0 Å². The van der Waals surface area contributed by atoms with Gasteiger partial charge in [0, 0.05) is 90.0 Å². The molecule has 9 amide bonds.